The number of rotatable bonds is 4. The van der Waals surface area contributed by atoms with Gasteiger partial charge in [0.25, 0.3) is 5.91 Å². The Morgan fingerprint density at radius 3 is 2.95 bits per heavy atom. The molecule has 0 unspecified atom stereocenters. The Morgan fingerprint density at radius 1 is 1.32 bits per heavy atom. The number of ether oxygens (including phenoxy) is 1. The predicted molar refractivity (Wildman–Crippen MR) is 82.6 cm³/mol. The number of amides is 1. The minimum absolute atomic E-state index is 0.0241. The SMILES string of the molecule is O=C(COc1ccc(F)cc1Cl)N[C@H]1CCc2ccccc21. The Morgan fingerprint density at radius 2 is 2.14 bits per heavy atom. The van der Waals surface area contributed by atoms with E-state index in [4.69, 9.17) is 16.3 Å². The summed E-state index contributed by atoms with van der Waals surface area (Å²) in [5.74, 6) is -0.364. The normalized spacial score (nSPS) is 16.2. The molecule has 1 N–H and O–H groups in total. The maximum absolute atomic E-state index is 12.9. The fourth-order valence-electron chi connectivity index (χ4n) is 2.68. The number of fused-ring (bicyclic) bond motifs is 1. The van der Waals surface area contributed by atoms with Crippen molar-refractivity contribution >= 4 is 17.5 Å². The molecule has 1 aliphatic carbocycles. The van der Waals surface area contributed by atoms with Crippen molar-refractivity contribution in [2.24, 2.45) is 0 Å². The molecule has 22 heavy (non-hydrogen) atoms. The molecule has 2 aromatic carbocycles. The summed E-state index contributed by atoms with van der Waals surface area (Å²) in [6, 6.07) is 11.9. The number of carbonyl (C=O) groups is 1. The first-order chi connectivity index (χ1) is 10.6. The zero-order chi connectivity index (χ0) is 15.5. The first kappa shape index (κ1) is 14.9. The molecule has 2 aromatic rings. The molecule has 1 aliphatic rings. The Hall–Kier alpha value is -2.07. The molecular formula is C17H15ClFNO2. The van der Waals surface area contributed by atoms with Crippen molar-refractivity contribution in [3.05, 3.63) is 64.4 Å². The zero-order valence-electron chi connectivity index (χ0n) is 11.8. The summed E-state index contributed by atoms with van der Waals surface area (Å²) in [5.41, 5.74) is 2.44. The van der Waals surface area contributed by atoms with Crippen molar-refractivity contribution in [2.75, 3.05) is 6.61 Å². The fraction of sp³-hybridized carbons (Fsp3) is 0.235. The third kappa shape index (κ3) is 3.22. The predicted octanol–water partition coefficient (Wildman–Crippen LogP) is 3.66. The lowest BCUT2D eigenvalue weighted by atomic mass is 10.1. The molecule has 5 heteroatoms. The lowest BCUT2D eigenvalue weighted by Crippen LogP contribution is -2.31. The molecule has 0 aromatic heterocycles. The van der Waals surface area contributed by atoms with Crippen molar-refractivity contribution in [1.82, 2.24) is 5.32 Å². The summed E-state index contributed by atoms with van der Waals surface area (Å²) in [6.45, 7) is -0.149. The molecule has 0 saturated heterocycles. The Labute approximate surface area is 133 Å². The number of hydrogen-bond acceptors (Lipinski definition) is 2. The van der Waals surface area contributed by atoms with Crippen LogP contribution in [0.5, 0.6) is 5.75 Å². The zero-order valence-corrected chi connectivity index (χ0v) is 12.6. The van der Waals surface area contributed by atoms with Gasteiger partial charge in [-0.25, -0.2) is 4.39 Å². The van der Waals surface area contributed by atoms with E-state index in [2.05, 4.69) is 11.4 Å². The van der Waals surface area contributed by atoms with Crippen molar-refractivity contribution in [3.63, 3.8) is 0 Å². The van der Waals surface area contributed by atoms with E-state index in [9.17, 15) is 9.18 Å². The number of carbonyl (C=O) groups excluding carboxylic acids is 1. The van der Waals surface area contributed by atoms with Gasteiger partial charge in [0.1, 0.15) is 11.6 Å². The second-order valence-electron chi connectivity index (χ2n) is 5.22. The van der Waals surface area contributed by atoms with Gasteiger partial charge in [0.2, 0.25) is 0 Å². The highest BCUT2D eigenvalue weighted by Gasteiger charge is 2.23. The highest BCUT2D eigenvalue weighted by molar-refractivity contribution is 6.32. The molecule has 1 atom stereocenters. The Kier molecular flexibility index (Phi) is 4.29. The van der Waals surface area contributed by atoms with Crippen molar-refractivity contribution in [3.8, 4) is 5.75 Å². The monoisotopic (exact) mass is 319 g/mol. The van der Waals surface area contributed by atoms with Crippen LogP contribution in [0.2, 0.25) is 5.02 Å². The van der Waals surface area contributed by atoms with Gasteiger partial charge in [0.15, 0.2) is 6.61 Å². The van der Waals surface area contributed by atoms with Crippen LogP contribution in [0.1, 0.15) is 23.6 Å². The number of aryl methyl sites for hydroxylation is 1. The average molecular weight is 320 g/mol. The van der Waals surface area contributed by atoms with Gasteiger partial charge >= 0.3 is 0 Å². The highest BCUT2D eigenvalue weighted by Crippen LogP contribution is 2.30. The van der Waals surface area contributed by atoms with Gasteiger partial charge in [-0.15, -0.1) is 0 Å². The Bertz CT molecular complexity index is 705. The second kappa shape index (κ2) is 6.36. The van der Waals surface area contributed by atoms with E-state index >= 15 is 0 Å². The van der Waals surface area contributed by atoms with Crippen LogP contribution in [-0.4, -0.2) is 12.5 Å². The number of benzene rings is 2. The molecule has 114 valence electrons. The maximum atomic E-state index is 12.9. The largest absolute Gasteiger partial charge is 0.482 e. The van der Waals surface area contributed by atoms with E-state index in [1.165, 1.54) is 17.7 Å². The van der Waals surface area contributed by atoms with Crippen LogP contribution in [-0.2, 0) is 11.2 Å². The minimum Gasteiger partial charge on any atom is -0.482 e. The molecule has 0 fully saturated rings. The van der Waals surface area contributed by atoms with Crippen LogP contribution < -0.4 is 10.1 Å². The van der Waals surface area contributed by atoms with Gasteiger partial charge in [-0.1, -0.05) is 35.9 Å². The average Bonchev–Trinajstić information content (AvgIpc) is 2.90. The lowest BCUT2D eigenvalue weighted by Gasteiger charge is -2.15. The molecule has 0 radical (unpaired) electrons. The molecule has 0 saturated carbocycles. The summed E-state index contributed by atoms with van der Waals surface area (Å²) in [4.78, 5) is 12.0. The summed E-state index contributed by atoms with van der Waals surface area (Å²) < 4.78 is 18.3. The standard InChI is InChI=1S/C17H15ClFNO2/c18-14-9-12(19)6-8-16(14)22-10-17(21)20-15-7-5-11-3-1-2-4-13(11)15/h1-4,6,8-9,15H,5,7,10H2,(H,20,21)/t15-/m0/s1. The van der Waals surface area contributed by atoms with Gasteiger partial charge in [0.05, 0.1) is 11.1 Å². The topological polar surface area (TPSA) is 38.3 Å². The third-order valence-electron chi connectivity index (χ3n) is 3.72. The van der Waals surface area contributed by atoms with E-state index in [1.807, 2.05) is 18.2 Å². The molecule has 0 aliphatic heterocycles. The molecule has 3 nitrogen and oxygen atoms in total. The van der Waals surface area contributed by atoms with E-state index in [0.717, 1.165) is 24.5 Å². The number of halogens is 2. The van der Waals surface area contributed by atoms with E-state index < -0.39 is 5.82 Å². The molecule has 0 heterocycles. The fourth-order valence-corrected chi connectivity index (χ4v) is 2.90. The van der Waals surface area contributed by atoms with Crippen molar-refractivity contribution in [1.29, 1.82) is 0 Å². The second-order valence-corrected chi connectivity index (χ2v) is 5.63. The van der Waals surface area contributed by atoms with Crippen LogP contribution in [0, 0.1) is 5.82 Å². The third-order valence-corrected chi connectivity index (χ3v) is 4.02. The molecule has 0 spiro atoms. The quantitative estimate of drug-likeness (QED) is 0.934. The van der Waals surface area contributed by atoms with E-state index in [-0.39, 0.29) is 23.6 Å². The molecule has 3 rings (SSSR count). The van der Waals surface area contributed by atoms with Crippen LogP contribution in [0.4, 0.5) is 4.39 Å². The Balaban J connectivity index is 1.57. The summed E-state index contributed by atoms with van der Waals surface area (Å²) in [7, 11) is 0. The molecule has 1 amide bonds. The first-order valence-corrected chi connectivity index (χ1v) is 7.46. The highest BCUT2D eigenvalue weighted by atomic mass is 35.5. The maximum Gasteiger partial charge on any atom is 0.258 e. The molecule has 0 bridgehead atoms. The van der Waals surface area contributed by atoms with Crippen molar-refractivity contribution in [2.45, 2.75) is 18.9 Å². The number of nitrogens with one attached hydrogen (secondary N) is 1. The van der Waals surface area contributed by atoms with Gasteiger partial charge in [0, 0.05) is 0 Å². The summed E-state index contributed by atoms with van der Waals surface area (Å²) >= 11 is 5.85. The molecular weight excluding hydrogens is 305 g/mol. The van der Waals surface area contributed by atoms with Gasteiger partial charge < -0.3 is 10.1 Å². The van der Waals surface area contributed by atoms with Crippen LogP contribution in [0.15, 0.2) is 42.5 Å². The number of hydrogen-bond donors (Lipinski definition) is 1. The van der Waals surface area contributed by atoms with Gasteiger partial charge in [-0.05, 0) is 42.2 Å². The first-order valence-electron chi connectivity index (χ1n) is 7.08. The van der Waals surface area contributed by atoms with Crippen LogP contribution >= 0.6 is 11.6 Å². The smallest absolute Gasteiger partial charge is 0.258 e. The van der Waals surface area contributed by atoms with Crippen LogP contribution in [0.25, 0.3) is 0 Å². The van der Waals surface area contributed by atoms with Gasteiger partial charge in [-0.2, -0.15) is 0 Å². The summed E-state index contributed by atoms with van der Waals surface area (Å²) in [5, 5.41) is 3.11. The van der Waals surface area contributed by atoms with Gasteiger partial charge in [-0.3, -0.25) is 4.79 Å². The lowest BCUT2D eigenvalue weighted by molar-refractivity contribution is -0.123. The van der Waals surface area contributed by atoms with E-state index in [0.29, 0.717) is 5.75 Å². The van der Waals surface area contributed by atoms with Crippen molar-refractivity contribution < 1.29 is 13.9 Å². The van der Waals surface area contributed by atoms with E-state index in [1.54, 1.807) is 0 Å². The summed E-state index contributed by atoms with van der Waals surface area (Å²) in [6.07, 6.45) is 1.86. The minimum atomic E-state index is -0.440. The van der Waals surface area contributed by atoms with Crippen LogP contribution in [0.3, 0.4) is 0 Å².